The topological polar surface area (TPSA) is 70.2 Å². The number of pyridine rings is 1. The molecule has 2 heterocycles. The molecule has 2 aromatic heterocycles. The summed E-state index contributed by atoms with van der Waals surface area (Å²) in [5.74, 6) is 1.35. The average molecular weight is 291 g/mol. The lowest BCUT2D eigenvalue weighted by Crippen LogP contribution is -2.19. The van der Waals surface area contributed by atoms with Crippen LogP contribution in [0.25, 0.3) is 0 Å². The van der Waals surface area contributed by atoms with E-state index in [2.05, 4.69) is 24.0 Å². The van der Waals surface area contributed by atoms with Gasteiger partial charge in [-0.2, -0.15) is 4.98 Å². The van der Waals surface area contributed by atoms with Crippen molar-refractivity contribution < 1.29 is 9.26 Å². The highest BCUT2D eigenvalue weighted by molar-refractivity contribution is 5.08. The van der Waals surface area contributed by atoms with E-state index in [-0.39, 0.29) is 18.2 Å². The molecule has 2 aromatic rings. The van der Waals surface area contributed by atoms with E-state index in [0.29, 0.717) is 24.2 Å². The maximum Gasteiger partial charge on any atom is 0.251 e. The average Bonchev–Trinajstić information content (AvgIpc) is 2.88. The third-order valence-corrected chi connectivity index (χ3v) is 2.98. The number of hydrogen-bond acceptors (Lipinski definition) is 5. The Kier molecular flexibility index (Phi) is 4.90. The van der Waals surface area contributed by atoms with Gasteiger partial charge in [-0.05, 0) is 31.4 Å². The summed E-state index contributed by atoms with van der Waals surface area (Å²) in [6, 6.07) is 3.44. The molecule has 0 saturated heterocycles. The highest BCUT2D eigenvalue weighted by Gasteiger charge is 2.15. The smallest absolute Gasteiger partial charge is 0.251 e. The Morgan fingerprint density at radius 3 is 2.81 bits per heavy atom. The van der Waals surface area contributed by atoms with Gasteiger partial charge in [0, 0.05) is 18.9 Å². The van der Waals surface area contributed by atoms with Gasteiger partial charge < -0.3 is 13.8 Å². The Bertz CT molecular complexity index is 646. The van der Waals surface area contributed by atoms with Crippen LogP contribution in [0.15, 0.2) is 27.6 Å². The minimum absolute atomic E-state index is 0.0844. The van der Waals surface area contributed by atoms with Crippen molar-refractivity contribution in [2.75, 3.05) is 6.61 Å². The zero-order chi connectivity index (χ0) is 15.4. The second kappa shape index (κ2) is 6.67. The van der Waals surface area contributed by atoms with Crippen LogP contribution in [0.2, 0.25) is 0 Å². The van der Waals surface area contributed by atoms with Crippen LogP contribution in [-0.4, -0.2) is 21.3 Å². The molecule has 1 unspecified atom stereocenters. The van der Waals surface area contributed by atoms with Crippen LogP contribution in [0.1, 0.15) is 44.2 Å². The first-order valence-corrected chi connectivity index (χ1v) is 7.07. The van der Waals surface area contributed by atoms with Gasteiger partial charge in [-0.3, -0.25) is 4.79 Å². The first-order valence-electron chi connectivity index (χ1n) is 7.07. The SMILES string of the molecule is Cc1ccn(Cc2nc(C(C)OCC(C)C)no2)c(=O)c1. The van der Waals surface area contributed by atoms with Crippen molar-refractivity contribution >= 4 is 0 Å². The van der Waals surface area contributed by atoms with E-state index in [1.54, 1.807) is 12.3 Å². The van der Waals surface area contributed by atoms with Crippen LogP contribution in [0, 0.1) is 12.8 Å². The molecule has 6 nitrogen and oxygen atoms in total. The summed E-state index contributed by atoms with van der Waals surface area (Å²) in [7, 11) is 0. The van der Waals surface area contributed by atoms with E-state index < -0.39 is 0 Å². The molecule has 0 bridgehead atoms. The number of hydrogen-bond donors (Lipinski definition) is 0. The lowest BCUT2D eigenvalue weighted by Gasteiger charge is -2.10. The number of aryl methyl sites for hydroxylation is 1. The predicted molar refractivity (Wildman–Crippen MR) is 78.0 cm³/mol. The lowest BCUT2D eigenvalue weighted by molar-refractivity contribution is 0.0402. The summed E-state index contributed by atoms with van der Waals surface area (Å²) < 4.78 is 12.4. The lowest BCUT2D eigenvalue weighted by atomic mass is 10.2. The second-order valence-corrected chi connectivity index (χ2v) is 5.59. The number of nitrogens with zero attached hydrogens (tertiary/aromatic N) is 3. The molecule has 21 heavy (non-hydrogen) atoms. The predicted octanol–water partition coefficient (Wildman–Crippen LogP) is 2.32. The van der Waals surface area contributed by atoms with Gasteiger partial charge in [0.05, 0.1) is 0 Å². The molecule has 0 spiro atoms. The minimum Gasteiger partial charge on any atom is -0.370 e. The van der Waals surface area contributed by atoms with Crippen LogP contribution in [-0.2, 0) is 11.3 Å². The molecular formula is C15H21N3O3. The molecule has 0 aliphatic heterocycles. The first-order chi connectivity index (χ1) is 9.95. The monoisotopic (exact) mass is 291 g/mol. The molecule has 0 aliphatic rings. The second-order valence-electron chi connectivity index (χ2n) is 5.59. The fraction of sp³-hybridized carbons (Fsp3) is 0.533. The van der Waals surface area contributed by atoms with Crippen molar-refractivity contribution in [3.05, 3.63) is 46.0 Å². The van der Waals surface area contributed by atoms with Crippen molar-refractivity contribution in [2.45, 2.75) is 40.3 Å². The third kappa shape index (κ3) is 4.26. The van der Waals surface area contributed by atoms with Gasteiger partial charge in [0.1, 0.15) is 12.6 Å². The van der Waals surface area contributed by atoms with Crippen LogP contribution >= 0.6 is 0 Å². The highest BCUT2D eigenvalue weighted by Crippen LogP contribution is 2.14. The van der Waals surface area contributed by atoms with E-state index in [1.807, 2.05) is 19.9 Å². The summed E-state index contributed by atoms with van der Waals surface area (Å²) in [4.78, 5) is 16.1. The molecule has 6 heteroatoms. The molecule has 0 fully saturated rings. The van der Waals surface area contributed by atoms with Crippen LogP contribution in [0.5, 0.6) is 0 Å². The zero-order valence-electron chi connectivity index (χ0n) is 12.9. The molecular weight excluding hydrogens is 270 g/mol. The first kappa shape index (κ1) is 15.4. The maximum absolute atomic E-state index is 11.8. The van der Waals surface area contributed by atoms with Gasteiger partial charge in [0.2, 0.25) is 5.89 Å². The van der Waals surface area contributed by atoms with Gasteiger partial charge in [-0.25, -0.2) is 0 Å². The van der Waals surface area contributed by atoms with Crippen molar-refractivity contribution in [3.8, 4) is 0 Å². The van der Waals surface area contributed by atoms with Gasteiger partial charge in [-0.15, -0.1) is 0 Å². The van der Waals surface area contributed by atoms with Crippen molar-refractivity contribution in [2.24, 2.45) is 5.92 Å². The van der Waals surface area contributed by atoms with Crippen LogP contribution < -0.4 is 5.56 Å². The van der Waals surface area contributed by atoms with Gasteiger partial charge in [-0.1, -0.05) is 19.0 Å². The molecule has 0 N–H and O–H groups in total. The van der Waals surface area contributed by atoms with Gasteiger partial charge in [0.25, 0.3) is 5.56 Å². The molecule has 0 radical (unpaired) electrons. The normalized spacial score (nSPS) is 12.8. The Hall–Kier alpha value is -1.95. The number of ether oxygens (including phenoxy) is 1. The van der Waals surface area contributed by atoms with Crippen molar-refractivity contribution in [1.82, 2.24) is 14.7 Å². The van der Waals surface area contributed by atoms with E-state index >= 15 is 0 Å². The fourth-order valence-corrected chi connectivity index (χ4v) is 1.79. The number of aromatic nitrogens is 3. The summed E-state index contributed by atoms with van der Waals surface area (Å²) in [6.45, 7) is 8.83. The zero-order valence-corrected chi connectivity index (χ0v) is 12.9. The summed E-state index contributed by atoms with van der Waals surface area (Å²) in [5, 5.41) is 3.91. The number of rotatable bonds is 6. The standard InChI is InChI=1S/C15H21N3O3/c1-10(2)9-20-12(4)15-16-13(21-17-15)8-18-6-5-11(3)7-14(18)19/h5-7,10,12H,8-9H2,1-4H3. The van der Waals surface area contributed by atoms with Gasteiger partial charge >= 0.3 is 0 Å². The molecule has 2 rings (SSSR count). The molecule has 0 saturated carbocycles. The molecule has 114 valence electrons. The molecule has 0 amide bonds. The summed E-state index contributed by atoms with van der Waals surface area (Å²) >= 11 is 0. The summed E-state index contributed by atoms with van der Waals surface area (Å²) in [6.07, 6.45) is 1.50. The molecule has 0 aliphatic carbocycles. The van der Waals surface area contributed by atoms with Crippen LogP contribution in [0.3, 0.4) is 0 Å². The van der Waals surface area contributed by atoms with E-state index in [9.17, 15) is 4.79 Å². The van der Waals surface area contributed by atoms with Crippen LogP contribution in [0.4, 0.5) is 0 Å². The highest BCUT2D eigenvalue weighted by atomic mass is 16.5. The molecule has 0 aromatic carbocycles. The Labute approximate surface area is 123 Å². The Morgan fingerprint density at radius 2 is 2.14 bits per heavy atom. The van der Waals surface area contributed by atoms with E-state index in [0.717, 1.165) is 5.56 Å². The fourth-order valence-electron chi connectivity index (χ4n) is 1.79. The van der Waals surface area contributed by atoms with Crippen molar-refractivity contribution in [3.63, 3.8) is 0 Å². The summed E-state index contributed by atoms with van der Waals surface area (Å²) in [5.41, 5.74) is 0.844. The minimum atomic E-state index is -0.223. The molecule has 1 atom stereocenters. The van der Waals surface area contributed by atoms with Gasteiger partial charge in [0.15, 0.2) is 5.82 Å². The van der Waals surface area contributed by atoms with Crippen molar-refractivity contribution in [1.29, 1.82) is 0 Å². The Balaban J connectivity index is 2.04. The maximum atomic E-state index is 11.8. The largest absolute Gasteiger partial charge is 0.370 e. The Morgan fingerprint density at radius 1 is 1.38 bits per heavy atom. The van der Waals surface area contributed by atoms with E-state index in [4.69, 9.17) is 9.26 Å². The van der Waals surface area contributed by atoms with E-state index in [1.165, 1.54) is 4.57 Å². The quantitative estimate of drug-likeness (QED) is 0.817. The third-order valence-electron chi connectivity index (χ3n) is 2.98.